The van der Waals surface area contributed by atoms with E-state index >= 15 is 0 Å². The third-order valence-corrected chi connectivity index (χ3v) is 4.35. The molecular weight excluding hydrogens is 260 g/mol. The zero-order chi connectivity index (χ0) is 13.5. The maximum absolute atomic E-state index is 6.14. The SMILES string of the molecule is COc1ccc(CC(CCl)CC2CCOCC2)cc1. The van der Waals surface area contributed by atoms with Gasteiger partial charge in [-0.2, -0.15) is 0 Å². The minimum atomic E-state index is 0.568. The molecule has 0 saturated carbocycles. The summed E-state index contributed by atoms with van der Waals surface area (Å²) in [7, 11) is 1.70. The Kier molecular flexibility index (Phi) is 5.99. The lowest BCUT2D eigenvalue weighted by atomic mass is 9.86. The predicted octanol–water partition coefficient (Wildman–Crippen LogP) is 3.91. The molecular formula is C16H23ClO2. The third-order valence-electron chi connectivity index (χ3n) is 3.91. The molecule has 1 aliphatic heterocycles. The average molecular weight is 283 g/mol. The number of alkyl halides is 1. The Labute approximate surface area is 121 Å². The van der Waals surface area contributed by atoms with Crippen molar-refractivity contribution in [2.75, 3.05) is 26.2 Å². The van der Waals surface area contributed by atoms with Crippen molar-refractivity contribution in [3.05, 3.63) is 29.8 Å². The molecule has 1 fully saturated rings. The van der Waals surface area contributed by atoms with Gasteiger partial charge in [-0.15, -0.1) is 11.6 Å². The number of ether oxygens (including phenoxy) is 2. The second kappa shape index (κ2) is 7.76. The van der Waals surface area contributed by atoms with Gasteiger partial charge in [-0.25, -0.2) is 0 Å². The number of halogens is 1. The Morgan fingerprint density at radius 2 is 1.95 bits per heavy atom. The van der Waals surface area contributed by atoms with E-state index in [1.54, 1.807) is 7.11 Å². The van der Waals surface area contributed by atoms with Crippen LogP contribution in [0, 0.1) is 11.8 Å². The van der Waals surface area contributed by atoms with E-state index in [4.69, 9.17) is 21.1 Å². The van der Waals surface area contributed by atoms with E-state index in [2.05, 4.69) is 12.1 Å². The first kappa shape index (κ1) is 14.7. The molecule has 1 atom stereocenters. The first-order valence-electron chi connectivity index (χ1n) is 7.08. The molecule has 0 bridgehead atoms. The Morgan fingerprint density at radius 3 is 2.53 bits per heavy atom. The van der Waals surface area contributed by atoms with Crippen LogP contribution in [0.1, 0.15) is 24.8 Å². The van der Waals surface area contributed by atoms with Crippen molar-refractivity contribution in [1.29, 1.82) is 0 Å². The largest absolute Gasteiger partial charge is 0.497 e. The number of hydrogen-bond acceptors (Lipinski definition) is 2. The van der Waals surface area contributed by atoms with Crippen LogP contribution in [0.5, 0.6) is 5.75 Å². The fourth-order valence-corrected chi connectivity index (χ4v) is 2.98. The van der Waals surface area contributed by atoms with Crippen molar-refractivity contribution in [2.24, 2.45) is 11.8 Å². The van der Waals surface area contributed by atoms with Crippen LogP contribution in [-0.2, 0) is 11.2 Å². The van der Waals surface area contributed by atoms with Gasteiger partial charge in [0.2, 0.25) is 0 Å². The van der Waals surface area contributed by atoms with Gasteiger partial charge in [0.05, 0.1) is 7.11 Å². The number of benzene rings is 1. The molecule has 1 saturated heterocycles. The lowest BCUT2D eigenvalue weighted by Gasteiger charge is -2.25. The molecule has 3 heteroatoms. The van der Waals surface area contributed by atoms with Crippen LogP contribution in [0.2, 0.25) is 0 Å². The summed E-state index contributed by atoms with van der Waals surface area (Å²) in [6.45, 7) is 1.84. The van der Waals surface area contributed by atoms with E-state index in [-0.39, 0.29) is 0 Å². The fraction of sp³-hybridized carbons (Fsp3) is 0.625. The van der Waals surface area contributed by atoms with Crippen LogP contribution >= 0.6 is 11.6 Å². The first-order valence-corrected chi connectivity index (χ1v) is 7.62. The molecule has 0 aromatic heterocycles. The predicted molar refractivity (Wildman–Crippen MR) is 79.1 cm³/mol. The first-order chi connectivity index (χ1) is 9.31. The van der Waals surface area contributed by atoms with Crippen molar-refractivity contribution in [2.45, 2.75) is 25.7 Å². The van der Waals surface area contributed by atoms with Crippen LogP contribution in [0.4, 0.5) is 0 Å². The molecule has 1 aromatic rings. The molecule has 0 radical (unpaired) electrons. The summed E-state index contributed by atoms with van der Waals surface area (Å²) in [5.41, 5.74) is 1.35. The van der Waals surface area contributed by atoms with Crippen LogP contribution in [0.25, 0.3) is 0 Å². The van der Waals surface area contributed by atoms with Gasteiger partial charge in [-0.1, -0.05) is 12.1 Å². The second-order valence-corrected chi connectivity index (χ2v) is 5.67. The second-order valence-electron chi connectivity index (χ2n) is 5.36. The topological polar surface area (TPSA) is 18.5 Å². The molecule has 0 N–H and O–H groups in total. The van der Waals surface area contributed by atoms with Gasteiger partial charge in [0.15, 0.2) is 0 Å². The Balaban J connectivity index is 1.86. The van der Waals surface area contributed by atoms with Crippen LogP contribution in [0.3, 0.4) is 0 Å². The molecule has 1 aliphatic rings. The molecule has 2 nitrogen and oxygen atoms in total. The highest BCUT2D eigenvalue weighted by atomic mass is 35.5. The summed E-state index contributed by atoms with van der Waals surface area (Å²) in [5, 5.41) is 0. The zero-order valence-electron chi connectivity index (χ0n) is 11.6. The Bertz CT molecular complexity index is 358. The normalized spacial score (nSPS) is 18.2. The molecule has 19 heavy (non-hydrogen) atoms. The number of hydrogen-bond donors (Lipinski definition) is 0. The van der Waals surface area contributed by atoms with Gasteiger partial charge >= 0.3 is 0 Å². The fourth-order valence-electron chi connectivity index (χ4n) is 2.75. The molecule has 106 valence electrons. The lowest BCUT2D eigenvalue weighted by molar-refractivity contribution is 0.0595. The highest BCUT2D eigenvalue weighted by molar-refractivity contribution is 6.18. The summed E-state index contributed by atoms with van der Waals surface area (Å²) in [5.74, 6) is 3.01. The van der Waals surface area contributed by atoms with Crippen molar-refractivity contribution < 1.29 is 9.47 Å². The van der Waals surface area contributed by atoms with E-state index in [1.807, 2.05) is 12.1 Å². The minimum absolute atomic E-state index is 0.568. The van der Waals surface area contributed by atoms with Crippen LogP contribution < -0.4 is 4.74 Å². The smallest absolute Gasteiger partial charge is 0.118 e. The van der Waals surface area contributed by atoms with Crippen molar-refractivity contribution in [3.63, 3.8) is 0 Å². The zero-order valence-corrected chi connectivity index (χ0v) is 12.4. The van der Waals surface area contributed by atoms with Gasteiger partial charge in [0, 0.05) is 19.1 Å². The van der Waals surface area contributed by atoms with Crippen LogP contribution in [-0.4, -0.2) is 26.2 Å². The Morgan fingerprint density at radius 1 is 1.26 bits per heavy atom. The van der Waals surface area contributed by atoms with E-state index in [0.717, 1.165) is 37.2 Å². The molecule has 0 spiro atoms. The quantitative estimate of drug-likeness (QED) is 0.737. The molecule has 1 unspecified atom stereocenters. The van der Waals surface area contributed by atoms with E-state index in [1.165, 1.54) is 24.8 Å². The van der Waals surface area contributed by atoms with Gasteiger partial charge in [0.25, 0.3) is 0 Å². The van der Waals surface area contributed by atoms with Gasteiger partial charge in [-0.3, -0.25) is 0 Å². The summed E-state index contributed by atoms with van der Waals surface area (Å²) >= 11 is 6.14. The Hall–Kier alpha value is -0.730. The minimum Gasteiger partial charge on any atom is -0.497 e. The van der Waals surface area contributed by atoms with E-state index < -0.39 is 0 Å². The monoisotopic (exact) mass is 282 g/mol. The van der Waals surface area contributed by atoms with Crippen molar-refractivity contribution in [3.8, 4) is 5.75 Å². The molecule has 0 aliphatic carbocycles. The highest BCUT2D eigenvalue weighted by Gasteiger charge is 2.19. The van der Waals surface area contributed by atoms with Crippen LogP contribution in [0.15, 0.2) is 24.3 Å². The third kappa shape index (κ3) is 4.70. The summed E-state index contributed by atoms with van der Waals surface area (Å²) in [6.07, 6.45) is 4.66. The summed E-state index contributed by atoms with van der Waals surface area (Å²) in [4.78, 5) is 0. The van der Waals surface area contributed by atoms with Crippen molar-refractivity contribution >= 4 is 11.6 Å². The van der Waals surface area contributed by atoms with E-state index in [0.29, 0.717) is 5.92 Å². The van der Waals surface area contributed by atoms with Gasteiger partial charge in [-0.05, 0) is 55.2 Å². The van der Waals surface area contributed by atoms with E-state index in [9.17, 15) is 0 Å². The average Bonchev–Trinajstić information content (AvgIpc) is 2.48. The van der Waals surface area contributed by atoms with Crippen molar-refractivity contribution in [1.82, 2.24) is 0 Å². The molecule has 0 amide bonds. The number of rotatable bonds is 6. The standard InChI is InChI=1S/C16H23ClO2/c1-18-16-4-2-13(3-5-16)10-15(12-17)11-14-6-8-19-9-7-14/h2-5,14-15H,6-12H2,1H3. The summed E-state index contributed by atoms with van der Waals surface area (Å²) < 4.78 is 10.6. The maximum atomic E-state index is 6.14. The maximum Gasteiger partial charge on any atom is 0.118 e. The lowest BCUT2D eigenvalue weighted by Crippen LogP contribution is -2.20. The summed E-state index contributed by atoms with van der Waals surface area (Å²) in [6, 6.07) is 8.33. The van der Waals surface area contributed by atoms with Gasteiger partial charge < -0.3 is 9.47 Å². The molecule has 2 rings (SSSR count). The number of methoxy groups -OCH3 is 1. The molecule has 1 heterocycles. The molecule has 1 aromatic carbocycles. The highest BCUT2D eigenvalue weighted by Crippen LogP contribution is 2.26. The van der Waals surface area contributed by atoms with Gasteiger partial charge in [0.1, 0.15) is 5.75 Å².